The van der Waals surface area contributed by atoms with Crippen LogP contribution in [0.15, 0.2) is 24.5 Å². The second-order valence-electron chi connectivity index (χ2n) is 2.91. The summed E-state index contributed by atoms with van der Waals surface area (Å²) in [7, 11) is 0. The fraction of sp³-hybridized carbons (Fsp3) is 0.556. The topological polar surface area (TPSA) is 47.3 Å². The van der Waals surface area contributed by atoms with Gasteiger partial charge in [0.2, 0.25) is 0 Å². The molecule has 1 aliphatic heterocycles. The fourth-order valence-electron chi connectivity index (χ4n) is 1.33. The molecule has 0 aromatic carbocycles. The molecule has 0 radical (unpaired) electrons. The summed E-state index contributed by atoms with van der Waals surface area (Å²) in [4.78, 5) is 0. The quantitative estimate of drug-likeness (QED) is 0.375. The zero-order valence-electron chi connectivity index (χ0n) is 7.25. The molecule has 1 atom stereocenters. The molecule has 0 fully saturated rings. The van der Waals surface area contributed by atoms with Crippen molar-refractivity contribution >= 4 is 0 Å². The highest BCUT2D eigenvalue weighted by Gasteiger charge is 2.13. The lowest BCUT2D eigenvalue weighted by molar-refractivity contribution is 0.219. The number of nitrogens with two attached hydrogens (primary N) is 1. The van der Waals surface area contributed by atoms with Gasteiger partial charge in [-0.3, -0.25) is 11.3 Å². The minimum Gasteiger partial charge on any atom is -0.501 e. The second-order valence-corrected chi connectivity index (χ2v) is 2.91. The Bertz CT molecular complexity index is 177. The molecular formula is C9H16N2O. The Kier molecular flexibility index (Phi) is 3.84. The van der Waals surface area contributed by atoms with Crippen molar-refractivity contribution in [3.63, 3.8) is 0 Å². The molecule has 0 aliphatic carbocycles. The predicted octanol–water partition coefficient (Wildman–Crippen LogP) is 1.09. The number of ether oxygens (including phenoxy) is 1. The molecule has 0 bridgehead atoms. The van der Waals surface area contributed by atoms with Crippen LogP contribution in [0.5, 0.6) is 0 Å². The molecule has 1 aliphatic rings. The average Bonchev–Trinajstić information content (AvgIpc) is 2.15. The largest absolute Gasteiger partial charge is 0.501 e. The van der Waals surface area contributed by atoms with Crippen LogP contribution >= 0.6 is 0 Å². The summed E-state index contributed by atoms with van der Waals surface area (Å²) in [5.74, 6) is 5.40. The van der Waals surface area contributed by atoms with E-state index >= 15 is 0 Å². The standard InChI is InChI=1S/C9H16N2O/c1-2-4-9(11-10)8-5-3-6-12-7-8/h2,7,9,11H,1,3-6,10H2. The van der Waals surface area contributed by atoms with E-state index in [9.17, 15) is 0 Å². The van der Waals surface area contributed by atoms with Crippen LogP contribution in [0.2, 0.25) is 0 Å². The van der Waals surface area contributed by atoms with Gasteiger partial charge in [0, 0.05) is 6.04 Å². The maximum atomic E-state index is 5.40. The summed E-state index contributed by atoms with van der Waals surface area (Å²) in [5, 5.41) is 0. The van der Waals surface area contributed by atoms with Crippen molar-refractivity contribution in [2.24, 2.45) is 5.84 Å². The molecule has 12 heavy (non-hydrogen) atoms. The average molecular weight is 168 g/mol. The third-order valence-corrected chi connectivity index (χ3v) is 2.01. The number of hydrogen-bond acceptors (Lipinski definition) is 3. The highest BCUT2D eigenvalue weighted by molar-refractivity contribution is 5.10. The van der Waals surface area contributed by atoms with Gasteiger partial charge in [-0.2, -0.15) is 0 Å². The van der Waals surface area contributed by atoms with Gasteiger partial charge in [-0.25, -0.2) is 0 Å². The van der Waals surface area contributed by atoms with Crippen LogP contribution in [0.1, 0.15) is 19.3 Å². The van der Waals surface area contributed by atoms with Crippen molar-refractivity contribution in [1.29, 1.82) is 0 Å². The molecule has 0 saturated heterocycles. The van der Waals surface area contributed by atoms with Gasteiger partial charge in [-0.1, -0.05) is 6.08 Å². The number of hydrazine groups is 1. The molecule has 0 saturated carbocycles. The van der Waals surface area contributed by atoms with Crippen molar-refractivity contribution in [3.8, 4) is 0 Å². The first-order valence-electron chi connectivity index (χ1n) is 4.26. The van der Waals surface area contributed by atoms with E-state index in [1.807, 2.05) is 12.3 Å². The van der Waals surface area contributed by atoms with Crippen molar-refractivity contribution in [2.75, 3.05) is 6.61 Å². The molecule has 1 rings (SSSR count). The lowest BCUT2D eigenvalue weighted by Gasteiger charge is -2.21. The lowest BCUT2D eigenvalue weighted by Crippen LogP contribution is -2.36. The van der Waals surface area contributed by atoms with Crippen LogP contribution < -0.4 is 11.3 Å². The van der Waals surface area contributed by atoms with E-state index < -0.39 is 0 Å². The molecule has 68 valence electrons. The van der Waals surface area contributed by atoms with Crippen LogP contribution in [0.4, 0.5) is 0 Å². The minimum atomic E-state index is 0.197. The van der Waals surface area contributed by atoms with E-state index in [0.717, 1.165) is 25.9 Å². The zero-order valence-corrected chi connectivity index (χ0v) is 7.25. The van der Waals surface area contributed by atoms with Gasteiger partial charge >= 0.3 is 0 Å². The fourth-order valence-corrected chi connectivity index (χ4v) is 1.33. The lowest BCUT2D eigenvalue weighted by atomic mass is 10.0. The second kappa shape index (κ2) is 4.95. The van der Waals surface area contributed by atoms with Crippen LogP contribution in [0.25, 0.3) is 0 Å². The van der Waals surface area contributed by atoms with Crippen molar-refractivity contribution in [2.45, 2.75) is 25.3 Å². The molecule has 1 heterocycles. The van der Waals surface area contributed by atoms with Crippen LogP contribution in [0.3, 0.4) is 0 Å². The normalized spacial score (nSPS) is 19.2. The van der Waals surface area contributed by atoms with Gasteiger partial charge in [0.25, 0.3) is 0 Å². The first kappa shape index (κ1) is 9.29. The van der Waals surface area contributed by atoms with E-state index in [4.69, 9.17) is 10.6 Å². The summed E-state index contributed by atoms with van der Waals surface area (Å²) in [6.45, 7) is 4.51. The van der Waals surface area contributed by atoms with E-state index in [-0.39, 0.29) is 6.04 Å². The molecule has 0 aromatic rings. The Labute approximate surface area is 73.2 Å². The molecule has 3 nitrogen and oxygen atoms in total. The highest BCUT2D eigenvalue weighted by atomic mass is 16.5. The molecule has 0 spiro atoms. The maximum absolute atomic E-state index is 5.40. The predicted molar refractivity (Wildman–Crippen MR) is 49.2 cm³/mol. The third kappa shape index (κ3) is 2.36. The van der Waals surface area contributed by atoms with E-state index in [2.05, 4.69) is 12.0 Å². The van der Waals surface area contributed by atoms with Gasteiger partial charge in [0.15, 0.2) is 0 Å². The van der Waals surface area contributed by atoms with E-state index in [1.165, 1.54) is 5.57 Å². The Balaban J connectivity index is 2.50. The Hall–Kier alpha value is -0.800. The van der Waals surface area contributed by atoms with Crippen LogP contribution in [-0.2, 0) is 4.74 Å². The number of rotatable bonds is 4. The first-order valence-corrected chi connectivity index (χ1v) is 4.26. The first-order chi connectivity index (χ1) is 5.88. The summed E-state index contributed by atoms with van der Waals surface area (Å²) < 4.78 is 5.22. The van der Waals surface area contributed by atoms with E-state index in [1.54, 1.807) is 0 Å². The summed E-state index contributed by atoms with van der Waals surface area (Å²) in [5.41, 5.74) is 3.99. The summed E-state index contributed by atoms with van der Waals surface area (Å²) in [6, 6.07) is 0.197. The van der Waals surface area contributed by atoms with Crippen molar-refractivity contribution < 1.29 is 4.74 Å². The Morgan fingerprint density at radius 3 is 3.17 bits per heavy atom. The van der Waals surface area contributed by atoms with Gasteiger partial charge in [0.05, 0.1) is 12.9 Å². The van der Waals surface area contributed by atoms with E-state index in [0.29, 0.717) is 0 Å². The Morgan fingerprint density at radius 1 is 1.83 bits per heavy atom. The van der Waals surface area contributed by atoms with Crippen molar-refractivity contribution in [3.05, 3.63) is 24.5 Å². The highest BCUT2D eigenvalue weighted by Crippen LogP contribution is 2.17. The van der Waals surface area contributed by atoms with Crippen molar-refractivity contribution in [1.82, 2.24) is 5.43 Å². The zero-order chi connectivity index (χ0) is 8.81. The molecule has 0 aromatic heterocycles. The number of hydrogen-bond donors (Lipinski definition) is 2. The molecule has 0 amide bonds. The molecule has 1 unspecified atom stereocenters. The van der Waals surface area contributed by atoms with Crippen LogP contribution in [-0.4, -0.2) is 12.6 Å². The molecule has 3 N–H and O–H groups in total. The van der Waals surface area contributed by atoms with Gasteiger partial charge in [0.1, 0.15) is 0 Å². The molecular weight excluding hydrogens is 152 g/mol. The Morgan fingerprint density at radius 2 is 2.67 bits per heavy atom. The van der Waals surface area contributed by atoms with Gasteiger partial charge in [-0.05, 0) is 24.8 Å². The van der Waals surface area contributed by atoms with Gasteiger partial charge in [-0.15, -0.1) is 6.58 Å². The minimum absolute atomic E-state index is 0.197. The monoisotopic (exact) mass is 168 g/mol. The maximum Gasteiger partial charge on any atom is 0.0876 e. The SMILES string of the molecule is C=CCC(NN)C1=COCCC1. The summed E-state index contributed by atoms with van der Waals surface area (Å²) in [6.07, 6.45) is 6.69. The smallest absolute Gasteiger partial charge is 0.0876 e. The van der Waals surface area contributed by atoms with Crippen LogP contribution in [0, 0.1) is 0 Å². The number of nitrogens with one attached hydrogen (secondary N) is 1. The summed E-state index contributed by atoms with van der Waals surface area (Å²) >= 11 is 0. The molecule has 3 heteroatoms. The van der Waals surface area contributed by atoms with Gasteiger partial charge < -0.3 is 4.74 Å². The third-order valence-electron chi connectivity index (χ3n) is 2.01.